The van der Waals surface area contributed by atoms with Gasteiger partial charge >= 0.3 is 5.91 Å². The van der Waals surface area contributed by atoms with Crippen molar-refractivity contribution >= 4 is 27.3 Å². The molecule has 6 nitrogen and oxygen atoms in total. The van der Waals surface area contributed by atoms with Crippen LogP contribution in [0, 0.1) is 5.82 Å². The molecule has 1 amide bonds. The highest BCUT2D eigenvalue weighted by Gasteiger charge is 2.31. The van der Waals surface area contributed by atoms with Crippen LogP contribution in [0.5, 0.6) is 0 Å². The molecule has 0 N–H and O–H groups in total. The highest BCUT2D eigenvalue weighted by atomic mass is 32.2. The molecule has 136 valence electrons. The van der Waals surface area contributed by atoms with Gasteiger partial charge in [-0.05, 0) is 35.7 Å². The van der Waals surface area contributed by atoms with Gasteiger partial charge in [-0.25, -0.2) is 27.1 Å². The maximum Gasteiger partial charge on any atom is 0.305 e. The van der Waals surface area contributed by atoms with Crippen LogP contribution < -0.4 is 0 Å². The molecule has 9 heteroatoms. The number of aromatic nitrogens is 2. The van der Waals surface area contributed by atoms with E-state index in [9.17, 15) is 17.6 Å². The fourth-order valence-electron chi connectivity index (χ4n) is 2.67. The number of carbonyl (C=O) groups is 1. The number of thiophene rings is 1. The lowest BCUT2D eigenvalue weighted by atomic mass is 10.1. The van der Waals surface area contributed by atoms with Crippen molar-refractivity contribution in [3.05, 3.63) is 71.1 Å². The Morgan fingerprint density at radius 3 is 2.59 bits per heavy atom. The molecule has 27 heavy (non-hydrogen) atoms. The Kier molecular flexibility index (Phi) is 4.33. The molecule has 1 aromatic carbocycles. The van der Waals surface area contributed by atoms with E-state index in [4.69, 9.17) is 0 Å². The van der Waals surface area contributed by atoms with Gasteiger partial charge in [-0.2, -0.15) is 0 Å². The second-order valence-electron chi connectivity index (χ2n) is 5.69. The van der Waals surface area contributed by atoms with Crippen molar-refractivity contribution in [2.75, 3.05) is 6.54 Å². The summed E-state index contributed by atoms with van der Waals surface area (Å²) < 4.78 is 37.9. The molecule has 2 aromatic heterocycles. The van der Waals surface area contributed by atoms with E-state index in [0.29, 0.717) is 21.1 Å². The number of rotatable bonds is 3. The molecule has 0 aliphatic carbocycles. The Hall–Kier alpha value is -2.91. The molecule has 3 heterocycles. The Morgan fingerprint density at radius 1 is 1.19 bits per heavy atom. The van der Waals surface area contributed by atoms with E-state index in [0.717, 1.165) is 10.3 Å². The van der Waals surface area contributed by atoms with Crippen LogP contribution in [0.25, 0.3) is 21.7 Å². The number of halogens is 1. The highest BCUT2D eigenvalue weighted by Crippen LogP contribution is 2.33. The summed E-state index contributed by atoms with van der Waals surface area (Å²) in [6.45, 7) is -0.0525. The number of benzene rings is 1. The fourth-order valence-corrected chi connectivity index (χ4v) is 4.49. The Morgan fingerprint density at radius 2 is 1.96 bits per heavy atom. The lowest BCUT2D eigenvalue weighted by molar-refractivity contribution is 0.0864. The van der Waals surface area contributed by atoms with Crippen molar-refractivity contribution in [1.29, 1.82) is 0 Å². The maximum absolute atomic E-state index is 13.3. The molecular weight excluding hydrogens is 389 g/mol. The zero-order chi connectivity index (χ0) is 19.0. The van der Waals surface area contributed by atoms with Crippen LogP contribution in [0.2, 0.25) is 0 Å². The van der Waals surface area contributed by atoms with Crippen LogP contribution in [0.4, 0.5) is 4.39 Å². The summed E-state index contributed by atoms with van der Waals surface area (Å²) >= 11 is 1.47. The van der Waals surface area contributed by atoms with Gasteiger partial charge in [0.05, 0.1) is 12.2 Å². The predicted octanol–water partition coefficient (Wildman–Crippen LogP) is 3.31. The fraction of sp³-hybridized carbons (Fsp3) is 0.0556. The van der Waals surface area contributed by atoms with Crippen LogP contribution in [0.15, 0.2) is 59.5 Å². The second-order valence-corrected chi connectivity index (χ2v) is 8.38. The van der Waals surface area contributed by atoms with Crippen LogP contribution in [0.1, 0.15) is 10.6 Å². The lowest BCUT2D eigenvalue weighted by Crippen LogP contribution is -2.33. The first-order valence-electron chi connectivity index (χ1n) is 7.86. The first-order valence-corrected chi connectivity index (χ1v) is 10.2. The first-order chi connectivity index (χ1) is 13.0. The molecular formula is C18H12FN3O3S2. The number of nitrogens with zero attached hydrogens (tertiary/aromatic N) is 3. The van der Waals surface area contributed by atoms with E-state index in [1.54, 1.807) is 12.1 Å². The third-order valence-corrected chi connectivity index (χ3v) is 6.33. The van der Waals surface area contributed by atoms with E-state index in [-0.39, 0.29) is 12.4 Å². The van der Waals surface area contributed by atoms with Crippen molar-refractivity contribution in [2.45, 2.75) is 0 Å². The van der Waals surface area contributed by atoms with Gasteiger partial charge in [0.25, 0.3) is 10.0 Å². The molecule has 0 saturated heterocycles. The first kappa shape index (κ1) is 17.5. The number of sulfonamides is 1. The predicted molar refractivity (Wildman–Crippen MR) is 99.8 cm³/mol. The summed E-state index contributed by atoms with van der Waals surface area (Å²) in [5.41, 5.74) is 1.70. The molecule has 1 aliphatic heterocycles. The van der Waals surface area contributed by atoms with Crippen molar-refractivity contribution in [3.63, 3.8) is 0 Å². The van der Waals surface area contributed by atoms with E-state index >= 15 is 0 Å². The Bertz CT molecular complexity index is 1140. The molecule has 0 radical (unpaired) electrons. The summed E-state index contributed by atoms with van der Waals surface area (Å²) in [5, 5.41) is 2.87. The monoisotopic (exact) mass is 401 g/mol. The summed E-state index contributed by atoms with van der Waals surface area (Å²) in [5.74, 6) is -1.43. The zero-order valence-corrected chi connectivity index (χ0v) is 15.4. The minimum absolute atomic E-state index is 0.0525. The van der Waals surface area contributed by atoms with Crippen LogP contribution in [-0.2, 0) is 10.0 Å². The third-order valence-electron chi connectivity index (χ3n) is 3.96. The van der Waals surface area contributed by atoms with E-state index in [1.165, 1.54) is 35.7 Å². The number of carbonyl (C=O) groups excluding carboxylic acids is 1. The minimum Gasteiger partial charge on any atom is -0.264 e. The summed E-state index contributed by atoms with van der Waals surface area (Å²) in [6.07, 6.45) is 2.87. The lowest BCUT2D eigenvalue weighted by Gasteiger charge is -2.15. The van der Waals surface area contributed by atoms with Gasteiger partial charge in [-0.1, -0.05) is 12.1 Å². The number of amides is 1. The van der Waals surface area contributed by atoms with Gasteiger partial charge in [0.2, 0.25) is 5.82 Å². The molecule has 3 aromatic rings. The summed E-state index contributed by atoms with van der Waals surface area (Å²) in [4.78, 5) is 21.9. The number of hydrogen-bond donors (Lipinski definition) is 0. The topological polar surface area (TPSA) is 80.2 Å². The van der Waals surface area contributed by atoms with Crippen molar-refractivity contribution in [2.24, 2.45) is 0 Å². The molecule has 0 unspecified atom stereocenters. The van der Waals surface area contributed by atoms with Gasteiger partial charge < -0.3 is 0 Å². The molecule has 0 fully saturated rings. The van der Waals surface area contributed by atoms with Crippen molar-refractivity contribution in [3.8, 4) is 21.7 Å². The van der Waals surface area contributed by atoms with E-state index in [1.807, 2.05) is 17.5 Å². The molecule has 4 rings (SSSR count). The van der Waals surface area contributed by atoms with Crippen LogP contribution in [0.3, 0.4) is 0 Å². The average Bonchev–Trinajstić information content (AvgIpc) is 3.30. The van der Waals surface area contributed by atoms with Crippen LogP contribution >= 0.6 is 11.3 Å². The molecule has 0 bridgehead atoms. The zero-order valence-electron chi connectivity index (χ0n) is 13.7. The van der Waals surface area contributed by atoms with Gasteiger partial charge in [0.15, 0.2) is 0 Å². The molecule has 0 atom stereocenters. The average molecular weight is 401 g/mol. The maximum atomic E-state index is 13.3. The van der Waals surface area contributed by atoms with Gasteiger partial charge in [-0.3, -0.25) is 4.79 Å². The highest BCUT2D eigenvalue weighted by molar-refractivity contribution is 7.92. The number of hydrogen-bond acceptors (Lipinski definition) is 6. The quantitative estimate of drug-likeness (QED) is 0.673. The minimum atomic E-state index is -3.80. The third kappa shape index (κ3) is 3.26. The summed E-state index contributed by atoms with van der Waals surface area (Å²) in [6, 6.07) is 9.45. The van der Waals surface area contributed by atoms with E-state index in [2.05, 4.69) is 9.97 Å². The Balaban J connectivity index is 1.83. The second kappa shape index (κ2) is 6.67. The van der Waals surface area contributed by atoms with Gasteiger partial charge in [0, 0.05) is 27.6 Å². The summed E-state index contributed by atoms with van der Waals surface area (Å²) in [7, 11) is -3.80. The van der Waals surface area contributed by atoms with Crippen LogP contribution in [-0.4, -0.2) is 35.1 Å². The molecule has 1 aliphatic rings. The molecule has 0 saturated carbocycles. The smallest absolute Gasteiger partial charge is 0.264 e. The Labute approximate surface area is 158 Å². The standard InChI is InChI=1S/C18H12FN3O3S2/c19-13-6-4-12(5-7-13)16-14(15-3-1-9-26-15)11-20-17(21-16)18(23)22-8-2-10-27(22,24)25/h1-7,9-11H,8H2. The largest absolute Gasteiger partial charge is 0.305 e. The SMILES string of the molecule is O=C(c1ncc(-c2cccs2)c(-c2ccc(F)cc2)n1)N1CC=CS1(=O)=O. The van der Waals surface area contributed by atoms with Gasteiger partial charge in [-0.15, -0.1) is 11.3 Å². The van der Waals surface area contributed by atoms with Gasteiger partial charge in [0.1, 0.15) is 5.82 Å². The normalized spacial score (nSPS) is 15.2. The molecule has 0 spiro atoms. The van der Waals surface area contributed by atoms with Crippen molar-refractivity contribution in [1.82, 2.24) is 14.3 Å². The van der Waals surface area contributed by atoms with Crippen molar-refractivity contribution < 1.29 is 17.6 Å². The van der Waals surface area contributed by atoms with E-state index < -0.39 is 21.7 Å².